The van der Waals surface area contributed by atoms with Crippen molar-refractivity contribution in [2.45, 2.75) is 41.0 Å². The van der Waals surface area contributed by atoms with Crippen LogP contribution in [-0.2, 0) is 0 Å². The minimum absolute atomic E-state index is 0.0451. The monoisotopic (exact) mass is 404 g/mol. The minimum Gasteiger partial charge on any atom is -0.396 e. The van der Waals surface area contributed by atoms with E-state index < -0.39 is 37.3 Å². The minimum atomic E-state index is -1.11. The summed E-state index contributed by atoms with van der Waals surface area (Å²) in [6.07, 6.45) is 1.25. The Kier molecular flexibility index (Phi) is 25.8. The summed E-state index contributed by atoms with van der Waals surface area (Å²) in [4.78, 5) is 0. The molecule has 0 aliphatic heterocycles. The van der Waals surface area contributed by atoms with Crippen LogP contribution in [0.25, 0.3) is 0 Å². The fourth-order valence-corrected chi connectivity index (χ4v) is 0.500. The molecular weight excluding hydrogens is 360 g/mol. The maximum atomic E-state index is 8.50. The average molecular weight is 405 g/mol. The van der Waals surface area contributed by atoms with Gasteiger partial charge in [0.25, 0.3) is 0 Å². The average Bonchev–Trinajstić information content (AvgIpc) is 2.71. The largest absolute Gasteiger partial charge is 0.396 e. The van der Waals surface area contributed by atoms with Crippen molar-refractivity contribution in [1.82, 2.24) is 0 Å². The Morgan fingerprint density at radius 1 is 0.444 bits per heavy atom. The molecule has 0 heterocycles. The Balaban J connectivity index is -0.000000138. The third-order valence-corrected chi connectivity index (χ3v) is 3.34. The summed E-state index contributed by atoms with van der Waals surface area (Å²) >= 11 is 0. The molecule has 27 heavy (non-hydrogen) atoms. The van der Waals surface area contributed by atoms with Gasteiger partial charge in [-0.25, -0.2) is 0 Å². The molecule has 0 aromatic heterocycles. The summed E-state index contributed by atoms with van der Waals surface area (Å²) in [5.41, 5.74) is -2.12. The molecule has 0 aromatic rings. The van der Waals surface area contributed by atoms with Crippen molar-refractivity contribution in [2.24, 2.45) is 16.2 Å². The standard InChI is InChI=1S/C5H12O4.C5H12O3.C5H12O2.C3H8/c6-1-5(2-7,3-8)4-9;1-5(2-6,3-7)4-8;1-5(2,3-6)4-7;1-3-2/h6-9H,1-4H2;6-8H,2-4H2,1H3;6-7H,3-4H2,1-2H3;3H2,1-2H3. The van der Waals surface area contributed by atoms with Crippen LogP contribution in [0.15, 0.2) is 0 Å². The second-order valence-corrected chi connectivity index (χ2v) is 7.61. The second-order valence-electron chi connectivity index (χ2n) is 7.61. The molecular formula is C18H44O9. The summed E-state index contributed by atoms with van der Waals surface area (Å²) in [6.45, 7) is 7.38. The Hall–Kier alpha value is -0.360. The van der Waals surface area contributed by atoms with Crippen molar-refractivity contribution < 1.29 is 46.0 Å². The van der Waals surface area contributed by atoms with Crippen LogP contribution in [0.1, 0.15) is 41.0 Å². The zero-order valence-electron chi connectivity index (χ0n) is 17.6. The van der Waals surface area contributed by atoms with Gasteiger partial charge in [-0.2, -0.15) is 0 Å². The van der Waals surface area contributed by atoms with Gasteiger partial charge < -0.3 is 46.0 Å². The van der Waals surface area contributed by atoms with Crippen LogP contribution in [0.5, 0.6) is 0 Å². The summed E-state index contributed by atoms with van der Waals surface area (Å²) in [5.74, 6) is 0. The van der Waals surface area contributed by atoms with Gasteiger partial charge in [0.15, 0.2) is 0 Å². The maximum Gasteiger partial charge on any atom is 0.0627 e. The highest BCUT2D eigenvalue weighted by molar-refractivity contribution is 4.75. The lowest BCUT2D eigenvalue weighted by molar-refractivity contribution is -0.0328. The maximum absolute atomic E-state index is 8.50. The first kappa shape index (κ1) is 34.2. The highest BCUT2D eigenvalue weighted by Gasteiger charge is 2.26. The first-order chi connectivity index (χ1) is 12.5. The highest BCUT2D eigenvalue weighted by Crippen LogP contribution is 2.12. The normalized spacial score (nSPS) is 11.3. The van der Waals surface area contributed by atoms with E-state index >= 15 is 0 Å². The molecule has 0 amide bonds. The quantitative estimate of drug-likeness (QED) is 0.217. The van der Waals surface area contributed by atoms with E-state index in [1.807, 2.05) is 0 Å². The first-order valence-corrected chi connectivity index (χ1v) is 8.94. The number of hydrogen-bond donors (Lipinski definition) is 9. The zero-order valence-corrected chi connectivity index (χ0v) is 17.6. The first-order valence-electron chi connectivity index (χ1n) is 8.94. The van der Waals surface area contributed by atoms with Gasteiger partial charge >= 0.3 is 0 Å². The Morgan fingerprint density at radius 2 is 0.667 bits per heavy atom. The molecule has 9 heteroatoms. The fraction of sp³-hybridized carbons (Fsp3) is 1.00. The molecule has 0 aliphatic rings. The van der Waals surface area contributed by atoms with E-state index in [1.165, 1.54) is 6.42 Å². The molecule has 0 radical (unpaired) electrons. The lowest BCUT2D eigenvalue weighted by atomic mass is 9.93. The molecule has 0 fully saturated rings. The molecule has 0 atom stereocenters. The van der Waals surface area contributed by atoms with E-state index in [1.54, 1.807) is 20.8 Å². The predicted octanol–water partition coefficient (Wildman–Crippen LogP) is -1.67. The molecule has 0 aliphatic carbocycles. The zero-order chi connectivity index (χ0) is 22.6. The second kappa shape index (κ2) is 20.4. The van der Waals surface area contributed by atoms with Gasteiger partial charge in [0.2, 0.25) is 0 Å². The fourth-order valence-electron chi connectivity index (χ4n) is 0.500. The summed E-state index contributed by atoms with van der Waals surface area (Å²) in [7, 11) is 0. The van der Waals surface area contributed by atoms with Gasteiger partial charge in [-0.05, 0) is 0 Å². The number of hydrogen-bond acceptors (Lipinski definition) is 9. The van der Waals surface area contributed by atoms with Gasteiger partial charge in [-0.1, -0.05) is 41.0 Å². The van der Waals surface area contributed by atoms with Gasteiger partial charge in [0.1, 0.15) is 0 Å². The van der Waals surface area contributed by atoms with Gasteiger partial charge in [-0.3, -0.25) is 0 Å². The van der Waals surface area contributed by atoms with E-state index in [9.17, 15) is 0 Å². The van der Waals surface area contributed by atoms with E-state index in [0.717, 1.165) is 0 Å². The van der Waals surface area contributed by atoms with Crippen LogP contribution in [-0.4, -0.2) is 105 Å². The van der Waals surface area contributed by atoms with Crippen molar-refractivity contribution in [3.63, 3.8) is 0 Å². The van der Waals surface area contributed by atoms with Crippen molar-refractivity contribution in [3.05, 3.63) is 0 Å². The van der Waals surface area contributed by atoms with Crippen LogP contribution in [0, 0.1) is 16.2 Å². The summed E-state index contributed by atoms with van der Waals surface area (Å²) in [5, 5.41) is 76.2. The lowest BCUT2D eigenvalue weighted by Gasteiger charge is -2.23. The van der Waals surface area contributed by atoms with Crippen LogP contribution in [0.4, 0.5) is 0 Å². The molecule has 0 rings (SSSR count). The van der Waals surface area contributed by atoms with Crippen LogP contribution in [0.3, 0.4) is 0 Å². The van der Waals surface area contributed by atoms with Crippen molar-refractivity contribution >= 4 is 0 Å². The molecule has 9 nitrogen and oxygen atoms in total. The molecule has 0 aromatic carbocycles. The van der Waals surface area contributed by atoms with Crippen LogP contribution in [0.2, 0.25) is 0 Å². The molecule has 170 valence electrons. The Morgan fingerprint density at radius 3 is 0.667 bits per heavy atom. The number of aliphatic hydroxyl groups is 9. The molecule has 0 saturated carbocycles. The Labute approximate surface area is 163 Å². The molecule has 0 saturated heterocycles. The number of rotatable bonds is 9. The SMILES string of the molecule is CC(C)(CO)CO.CC(CO)(CO)CO.CCC.OCC(CO)(CO)CO. The molecule has 0 spiro atoms. The third-order valence-electron chi connectivity index (χ3n) is 3.34. The van der Waals surface area contributed by atoms with E-state index in [-0.39, 0.29) is 38.4 Å². The highest BCUT2D eigenvalue weighted by atomic mass is 16.3. The third kappa shape index (κ3) is 20.2. The number of aliphatic hydroxyl groups excluding tert-OH is 9. The van der Waals surface area contributed by atoms with Gasteiger partial charge in [0, 0.05) is 10.8 Å². The predicted molar refractivity (Wildman–Crippen MR) is 104 cm³/mol. The smallest absolute Gasteiger partial charge is 0.0627 e. The van der Waals surface area contributed by atoms with Gasteiger partial charge in [0.05, 0.1) is 64.9 Å². The van der Waals surface area contributed by atoms with E-state index in [4.69, 9.17) is 46.0 Å². The van der Waals surface area contributed by atoms with Crippen molar-refractivity contribution in [2.75, 3.05) is 59.5 Å². The van der Waals surface area contributed by atoms with Gasteiger partial charge in [-0.15, -0.1) is 0 Å². The van der Waals surface area contributed by atoms with Crippen LogP contribution >= 0.6 is 0 Å². The Bertz CT molecular complexity index is 246. The summed E-state index contributed by atoms with van der Waals surface area (Å²) < 4.78 is 0. The lowest BCUT2D eigenvalue weighted by Crippen LogP contribution is -2.37. The summed E-state index contributed by atoms with van der Waals surface area (Å²) in [6, 6.07) is 0. The topological polar surface area (TPSA) is 182 Å². The van der Waals surface area contributed by atoms with Crippen molar-refractivity contribution in [1.29, 1.82) is 0 Å². The van der Waals surface area contributed by atoms with E-state index in [2.05, 4.69) is 13.8 Å². The van der Waals surface area contributed by atoms with Crippen molar-refractivity contribution in [3.8, 4) is 0 Å². The molecule has 9 N–H and O–H groups in total. The molecule has 0 unspecified atom stereocenters. The van der Waals surface area contributed by atoms with E-state index in [0.29, 0.717) is 0 Å². The van der Waals surface area contributed by atoms with Crippen LogP contribution < -0.4 is 0 Å². The molecule has 0 bridgehead atoms.